The number of carbonyl (C=O) groups is 1. The molecule has 0 fully saturated rings. The van der Waals surface area contributed by atoms with E-state index in [1.54, 1.807) is 22.7 Å². The van der Waals surface area contributed by atoms with E-state index in [9.17, 15) is 18.0 Å². The lowest BCUT2D eigenvalue weighted by atomic mass is 10.1. The first-order valence-electron chi connectivity index (χ1n) is 7.07. The summed E-state index contributed by atoms with van der Waals surface area (Å²) in [6.07, 6.45) is -2.73. The molecule has 124 valence electrons. The molecule has 0 spiro atoms. The molecule has 0 aliphatic carbocycles. The number of benzene rings is 1. The van der Waals surface area contributed by atoms with Gasteiger partial charge in [0.15, 0.2) is 11.5 Å². The average molecular weight is 334 g/mol. The van der Waals surface area contributed by atoms with Gasteiger partial charge in [0.25, 0.3) is 5.91 Å². The van der Waals surface area contributed by atoms with Crippen LogP contribution in [0, 0.1) is 0 Å². The van der Waals surface area contributed by atoms with Crippen molar-refractivity contribution in [1.82, 2.24) is 19.5 Å². The van der Waals surface area contributed by atoms with E-state index in [2.05, 4.69) is 10.2 Å². The summed E-state index contributed by atoms with van der Waals surface area (Å²) in [6.45, 7) is 0.125. The van der Waals surface area contributed by atoms with Crippen LogP contribution < -0.4 is 0 Å². The summed E-state index contributed by atoms with van der Waals surface area (Å²) < 4.78 is 40.0. The maximum absolute atomic E-state index is 12.8. The number of hydrogen-bond donors (Lipinski definition) is 0. The second-order valence-corrected chi connectivity index (χ2v) is 5.28. The molecule has 3 aromatic rings. The lowest BCUT2D eigenvalue weighted by molar-refractivity contribution is -0.137. The topological polar surface area (TPSA) is 50.5 Å². The molecule has 0 saturated carbocycles. The van der Waals surface area contributed by atoms with Crippen molar-refractivity contribution in [2.45, 2.75) is 12.7 Å². The van der Waals surface area contributed by atoms with Gasteiger partial charge in [-0.05, 0) is 30.3 Å². The van der Waals surface area contributed by atoms with E-state index in [4.69, 9.17) is 0 Å². The number of fused-ring (bicyclic) bond motifs is 1. The first-order valence-corrected chi connectivity index (χ1v) is 7.07. The zero-order valence-electron chi connectivity index (χ0n) is 12.7. The first kappa shape index (κ1) is 16.0. The Kier molecular flexibility index (Phi) is 3.96. The molecule has 1 aromatic carbocycles. The quantitative estimate of drug-likeness (QED) is 0.740. The predicted molar refractivity (Wildman–Crippen MR) is 80.2 cm³/mol. The van der Waals surface area contributed by atoms with Gasteiger partial charge in [-0.1, -0.05) is 12.1 Å². The Bertz CT molecular complexity index is 888. The van der Waals surface area contributed by atoms with Crippen molar-refractivity contribution < 1.29 is 18.0 Å². The largest absolute Gasteiger partial charge is 0.416 e. The standard InChI is InChI=1S/C16H13F3N4O/c1-22(10-14-21-20-13-7-2-3-8-23(13)14)15(24)11-5-4-6-12(9-11)16(17,18)19/h2-9H,10H2,1H3. The smallest absolute Gasteiger partial charge is 0.334 e. The summed E-state index contributed by atoms with van der Waals surface area (Å²) in [7, 11) is 1.51. The summed E-state index contributed by atoms with van der Waals surface area (Å²) in [5.41, 5.74) is -0.247. The molecule has 0 bridgehead atoms. The van der Waals surface area contributed by atoms with Crippen molar-refractivity contribution in [3.05, 3.63) is 65.6 Å². The van der Waals surface area contributed by atoms with Gasteiger partial charge in [-0.15, -0.1) is 10.2 Å². The molecule has 8 heteroatoms. The lowest BCUT2D eigenvalue weighted by Gasteiger charge is -2.17. The zero-order valence-corrected chi connectivity index (χ0v) is 12.7. The highest BCUT2D eigenvalue weighted by Gasteiger charge is 2.31. The normalized spacial score (nSPS) is 11.7. The molecule has 3 rings (SSSR count). The molecule has 1 amide bonds. The molecule has 2 heterocycles. The van der Waals surface area contributed by atoms with E-state index < -0.39 is 17.6 Å². The molecular weight excluding hydrogens is 321 g/mol. The highest BCUT2D eigenvalue weighted by molar-refractivity contribution is 5.94. The fourth-order valence-corrected chi connectivity index (χ4v) is 2.33. The highest BCUT2D eigenvalue weighted by Crippen LogP contribution is 2.29. The third-order valence-corrected chi connectivity index (χ3v) is 3.55. The van der Waals surface area contributed by atoms with Gasteiger partial charge in [0.05, 0.1) is 12.1 Å². The van der Waals surface area contributed by atoms with Crippen molar-refractivity contribution in [2.75, 3.05) is 7.05 Å². The van der Waals surface area contributed by atoms with Gasteiger partial charge >= 0.3 is 6.18 Å². The Morgan fingerprint density at radius 2 is 1.96 bits per heavy atom. The molecule has 0 N–H and O–H groups in total. The van der Waals surface area contributed by atoms with Crippen LogP contribution in [0.25, 0.3) is 5.65 Å². The SMILES string of the molecule is CN(Cc1nnc2ccccn12)C(=O)c1cccc(C(F)(F)F)c1. The number of halogens is 3. The number of aromatic nitrogens is 3. The predicted octanol–water partition coefficient (Wildman–Crippen LogP) is 3.02. The Hall–Kier alpha value is -2.90. The second kappa shape index (κ2) is 5.95. The van der Waals surface area contributed by atoms with Crippen LogP contribution in [0.15, 0.2) is 48.7 Å². The molecule has 0 aliphatic heterocycles. The van der Waals surface area contributed by atoms with Gasteiger partial charge in [0, 0.05) is 18.8 Å². The van der Waals surface area contributed by atoms with Gasteiger partial charge in [-0.3, -0.25) is 9.20 Å². The summed E-state index contributed by atoms with van der Waals surface area (Å²) in [5, 5.41) is 7.98. The zero-order chi connectivity index (χ0) is 17.3. The molecule has 2 aromatic heterocycles. The molecular formula is C16H13F3N4O. The number of rotatable bonds is 3. The minimum atomic E-state index is -4.49. The first-order chi connectivity index (χ1) is 11.4. The van der Waals surface area contributed by atoms with Crippen LogP contribution in [0.2, 0.25) is 0 Å². The Balaban J connectivity index is 1.82. The van der Waals surface area contributed by atoms with Gasteiger partial charge < -0.3 is 4.90 Å². The number of hydrogen-bond acceptors (Lipinski definition) is 3. The molecule has 0 aliphatic rings. The van der Waals surface area contributed by atoms with Crippen molar-refractivity contribution >= 4 is 11.6 Å². The number of amides is 1. The fraction of sp³-hybridized carbons (Fsp3) is 0.188. The van der Waals surface area contributed by atoms with E-state index in [0.717, 1.165) is 12.1 Å². The molecule has 0 saturated heterocycles. The Morgan fingerprint density at radius 1 is 1.17 bits per heavy atom. The summed E-state index contributed by atoms with van der Waals surface area (Å²) in [4.78, 5) is 13.7. The summed E-state index contributed by atoms with van der Waals surface area (Å²) >= 11 is 0. The van der Waals surface area contributed by atoms with E-state index in [1.165, 1.54) is 24.1 Å². The Labute approximate surface area is 135 Å². The van der Waals surface area contributed by atoms with Crippen LogP contribution in [-0.2, 0) is 12.7 Å². The Morgan fingerprint density at radius 3 is 2.71 bits per heavy atom. The summed E-state index contributed by atoms with van der Waals surface area (Å²) in [6, 6.07) is 9.74. The fourth-order valence-electron chi connectivity index (χ4n) is 2.33. The molecule has 5 nitrogen and oxygen atoms in total. The van der Waals surface area contributed by atoms with E-state index in [0.29, 0.717) is 11.5 Å². The van der Waals surface area contributed by atoms with Crippen LogP contribution in [-0.4, -0.2) is 32.5 Å². The molecule has 0 atom stereocenters. The van der Waals surface area contributed by atoms with Crippen molar-refractivity contribution in [3.63, 3.8) is 0 Å². The van der Waals surface area contributed by atoms with Crippen molar-refractivity contribution in [1.29, 1.82) is 0 Å². The summed E-state index contributed by atoms with van der Waals surface area (Å²) in [5.74, 6) is 0.00204. The van der Waals surface area contributed by atoms with E-state index in [-0.39, 0.29) is 12.1 Å². The van der Waals surface area contributed by atoms with Crippen LogP contribution in [0.3, 0.4) is 0 Å². The van der Waals surface area contributed by atoms with E-state index in [1.807, 2.05) is 6.07 Å². The average Bonchev–Trinajstić information content (AvgIpc) is 2.96. The number of pyridine rings is 1. The molecule has 24 heavy (non-hydrogen) atoms. The minimum Gasteiger partial charge on any atom is -0.334 e. The van der Waals surface area contributed by atoms with Crippen LogP contribution >= 0.6 is 0 Å². The van der Waals surface area contributed by atoms with Crippen molar-refractivity contribution in [3.8, 4) is 0 Å². The number of carbonyl (C=O) groups excluding carboxylic acids is 1. The lowest BCUT2D eigenvalue weighted by Crippen LogP contribution is -2.27. The third kappa shape index (κ3) is 3.08. The number of nitrogens with zero attached hydrogens (tertiary/aromatic N) is 4. The van der Waals surface area contributed by atoms with E-state index >= 15 is 0 Å². The maximum Gasteiger partial charge on any atom is 0.416 e. The molecule has 0 unspecified atom stereocenters. The van der Waals surface area contributed by atoms with Gasteiger partial charge in [0.2, 0.25) is 0 Å². The molecule has 0 radical (unpaired) electrons. The van der Waals surface area contributed by atoms with Crippen LogP contribution in [0.1, 0.15) is 21.7 Å². The van der Waals surface area contributed by atoms with Gasteiger partial charge in [0.1, 0.15) is 0 Å². The van der Waals surface area contributed by atoms with Crippen molar-refractivity contribution in [2.24, 2.45) is 0 Å². The van der Waals surface area contributed by atoms with Gasteiger partial charge in [-0.2, -0.15) is 13.2 Å². The van der Waals surface area contributed by atoms with Gasteiger partial charge in [-0.25, -0.2) is 0 Å². The monoisotopic (exact) mass is 334 g/mol. The highest BCUT2D eigenvalue weighted by atomic mass is 19.4. The minimum absolute atomic E-state index is 0.0267. The van der Waals surface area contributed by atoms with Crippen LogP contribution in [0.5, 0.6) is 0 Å². The number of alkyl halides is 3. The van der Waals surface area contributed by atoms with Crippen LogP contribution in [0.4, 0.5) is 13.2 Å². The second-order valence-electron chi connectivity index (χ2n) is 5.28. The maximum atomic E-state index is 12.8. The third-order valence-electron chi connectivity index (χ3n) is 3.55.